The molecule has 1 atom stereocenters. The van der Waals surface area contributed by atoms with Crippen molar-refractivity contribution in [2.75, 3.05) is 4.90 Å². The molecule has 5 heteroatoms. The zero-order chi connectivity index (χ0) is 47.9. The third-order valence-corrected chi connectivity index (χ3v) is 14.9. The van der Waals surface area contributed by atoms with Gasteiger partial charge >= 0.3 is 0 Å². The highest BCUT2D eigenvalue weighted by molar-refractivity contribution is 6.18. The van der Waals surface area contributed by atoms with Crippen LogP contribution in [0.4, 0.5) is 11.4 Å². The molecule has 4 heterocycles. The van der Waals surface area contributed by atoms with Crippen LogP contribution in [-0.4, -0.2) is 25.1 Å². The number of anilines is 2. The molecule has 3 aromatic heterocycles. The predicted octanol–water partition coefficient (Wildman–Crippen LogP) is 17.2. The van der Waals surface area contributed by atoms with Gasteiger partial charge in [0, 0.05) is 78.0 Å². The summed E-state index contributed by atoms with van der Waals surface area (Å²) in [7, 11) is 0. The molecule has 340 valence electrons. The average molecular weight is 922 g/mol. The van der Waals surface area contributed by atoms with Gasteiger partial charge in [-0.25, -0.2) is 9.97 Å². The fourth-order valence-corrected chi connectivity index (χ4v) is 11.9. The largest absolute Gasteiger partial charge is 0.333 e. The molecular formula is C67H47N5. The number of hydrogen-bond donors (Lipinski definition) is 0. The summed E-state index contributed by atoms with van der Waals surface area (Å²) < 4.78 is 5.04. The van der Waals surface area contributed by atoms with Gasteiger partial charge in [-0.2, -0.15) is 0 Å². The summed E-state index contributed by atoms with van der Waals surface area (Å²) in [6.07, 6.45) is 11.7. The van der Waals surface area contributed by atoms with Gasteiger partial charge in [0.1, 0.15) is 0 Å². The van der Waals surface area contributed by atoms with Gasteiger partial charge in [-0.3, -0.25) is 0 Å². The summed E-state index contributed by atoms with van der Waals surface area (Å²) in [6.45, 7) is 6.18. The van der Waals surface area contributed by atoms with Gasteiger partial charge in [-0.05, 0) is 96.8 Å². The molecule has 1 unspecified atom stereocenters. The molecule has 0 radical (unpaired) electrons. The summed E-state index contributed by atoms with van der Waals surface area (Å²) in [5, 5.41) is 2.42. The normalized spacial score (nSPS) is 14.4. The van der Waals surface area contributed by atoms with Crippen LogP contribution in [0.2, 0.25) is 0 Å². The lowest BCUT2D eigenvalue weighted by molar-refractivity contribution is 0.826. The summed E-state index contributed by atoms with van der Waals surface area (Å²) in [6, 6.07) is 75.1. The lowest BCUT2D eigenvalue weighted by Gasteiger charge is -2.30. The number of rotatable bonds is 7. The van der Waals surface area contributed by atoms with E-state index in [0.29, 0.717) is 5.82 Å². The summed E-state index contributed by atoms with van der Waals surface area (Å²) in [5.41, 5.74) is 23.8. The monoisotopic (exact) mass is 921 g/mol. The zero-order valence-corrected chi connectivity index (χ0v) is 39.7. The van der Waals surface area contributed by atoms with Crippen LogP contribution in [0.25, 0.3) is 118 Å². The first-order valence-corrected chi connectivity index (χ1v) is 24.8. The van der Waals surface area contributed by atoms with Crippen LogP contribution in [0.3, 0.4) is 0 Å². The number of aromatic nitrogens is 4. The van der Waals surface area contributed by atoms with Crippen LogP contribution < -0.4 is 4.90 Å². The first kappa shape index (κ1) is 41.6. The maximum atomic E-state index is 5.21. The molecule has 0 spiro atoms. The van der Waals surface area contributed by atoms with Gasteiger partial charge in [-0.1, -0.05) is 176 Å². The first-order valence-electron chi connectivity index (χ1n) is 24.8. The summed E-state index contributed by atoms with van der Waals surface area (Å²) in [4.78, 5) is 12.8. The van der Waals surface area contributed by atoms with Gasteiger partial charge < -0.3 is 14.0 Å². The molecule has 0 bridgehead atoms. The standard InChI is InChI=1S/C67H47N5/c1-3-21-57-48(4-2)64(43-22-7-5-8-23-43)69-67(68-57)44-36-38-46(39-37-44)71-59-34-19-16-31-54(59)62-51-28-12-14-30-53(51)66-63(50-27-11-13-29-52(50)65(62)71)55-32-17-20-35-60(55)72(66)47-40-41-61-56(42-47)49-26-15-18-33-58(49)70(61)45-24-9-6-10-25-45/h3-40,42,61H,2,41H2,1H3/b21-3-,62-51?,63-50?,65-52?,66-53?. The van der Waals surface area contributed by atoms with E-state index in [-0.39, 0.29) is 6.04 Å². The number of benzene rings is 8. The van der Waals surface area contributed by atoms with Gasteiger partial charge in [0.15, 0.2) is 5.82 Å². The molecule has 0 N–H and O–H groups in total. The molecule has 8 aromatic carbocycles. The van der Waals surface area contributed by atoms with E-state index in [4.69, 9.17) is 9.97 Å². The minimum absolute atomic E-state index is 0.195. The SMILES string of the molecule is C=Cc1c(/C=C\C)nc(-c2ccc(-n3c4c(c5ccccc53)-c3ccccc3-c3c(c5ccccc5n3C3=CCC5C(=C3)c3ccccc3N5c3ccccc3)-c3ccccc3-4)cc2)nc1-c1ccccc1. The Kier molecular flexibility index (Phi) is 9.65. The Morgan fingerprint density at radius 1 is 0.514 bits per heavy atom. The minimum Gasteiger partial charge on any atom is -0.333 e. The number of para-hydroxylation sites is 4. The van der Waals surface area contributed by atoms with Crippen LogP contribution >= 0.6 is 0 Å². The highest BCUT2D eigenvalue weighted by Crippen LogP contribution is 2.56. The van der Waals surface area contributed by atoms with Gasteiger partial charge in [0.05, 0.1) is 39.9 Å². The van der Waals surface area contributed by atoms with Gasteiger partial charge in [0.2, 0.25) is 0 Å². The van der Waals surface area contributed by atoms with E-state index in [1.165, 1.54) is 83.6 Å². The van der Waals surface area contributed by atoms with Crippen molar-refractivity contribution in [2.24, 2.45) is 0 Å². The Morgan fingerprint density at radius 2 is 1.07 bits per heavy atom. The third-order valence-electron chi connectivity index (χ3n) is 14.9. The Bertz CT molecular complexity index is 4080. The van der Waals surface area contributed by atoms with E-state index in [1.54, 1.807) is 0 Å². The summed E-state index contributed by atoms with van der Waals surface area (Å²) in [5.74, 6) is 0.667. The topological polar surface area (TPSA) is 38.9 Å². The number of nitrogens with zero attached hydrogens (tertiary/aromatic N) is 5. The van der Waals surface area contributed by atoms with E-state index >= 15 is 0 Å². The summed E-state index contributed by atoms with van der Waals surface area (Å²) >= 11 is 0. The fraction of sp³-hybridized carbons (Fsp3) is 0.0448. The molecule has 2 aliphatic carbocycles. The number of fused-ring (bicyclic) bond motifs is 15. The van der Waals surface area contributed by atoms with Gasteiger partial charge in [-0.15, -0.1) is 0 Å². The van der Waals surface area contributed by atoms with E-state index in [0.717, 1.165) is 51.4 Å². The van der Waals surface area contributed by atoms with Crippen molar-refractivity contribution in [3.63, 3.8) is 0 Å². The van der Waals surface area contributed by atoms with Crippen molar-refractivity contribution in [3.8, 4) is 73.1 Å². The van der Waals surface area contributed by atoms with Crippen LogP contribution in [0.1, 0.15) is 30.2 Å². The van der Waals surface area contributed by atoms with Crippen LogP contribution in [0, 0.1) is 0 Å². The quantitative estimate of drug-likeness (QED) is 0.160. The maximum absolute atomic E-state index is 5.21. The van der Waals surface area contributed by atoms with Crippen molar-refractivity contribution in [1.29, 1.82) is 0 Å². The Morgan fingerprint density at radius 3 is 1.72 bits per heavy atom. The molecule has 0 amide bonds. The van der Waals surface area contributed by atoms with Gasteiger partial charge in [0.25, 0.3) is 0 Å². The van der Waals surface area contributed by atoms with Crippen LogP contribution in [0.5, 0.6) is 0 Å². The third kappa shape index (κ3) is 6.27. The molecule has 3 aliphatic rings. The molecule has 1 aliphatic heterocycles. The minimum atomic E-state index is 0.195. The predicted molar refractivity (Wildman–Crippen MR) is 301 cm³/mol. The molecule has 0 saturated heterocycles. The first-order chi connectivity index (χ1) is 35.7. The van der Waals surface area contributed by atoms with Crippen molar-refractivity contribution < 1.29 is 0 Å². The van der Waals surface area contributed by atoms with Crippen LogP contribution in [-0.2, 0) is 0 Å². The maximum Gasteiger partial charge on any atom is 0.160 e. The molecule has 5 nitrogen and oxygen atoms in total. The smallest absolute Gasteiger partial charge is 0.160 e. The molecule has 72 heavy (non-hydrogen) atoms. The molecular weight excluding hydrogens is 875 g/mol. The Labute approximate surface area is 419 Å². The lowest BCUT2D eigenvalue weighted by atomic mass is 9.84. The fourth-order valence-electron chi connectivity index (χ4n) is 11.9. The second-order valence-corrected chi connectivity index (χ2v) is 18.8. The van der Waals surface area contributed by atoms with Crippen molar-refractivity contribution in [3.05, 3.63) is 248 Å². The number of hydrogen-bond acceptors (Lipinski definition) is 3. The Balaban J connectivity index is 0.979. The van der Waals surface area contributed by atoms with E-state index in [2.05, 4.69) is 221 Å². The second kappa shape index (κ2) is 16.7. The molecule has 14 rings (SSSR count). The molecule has 11 aromatic rings. The molecule has 0 saturated carbocycles. The molecule has 0 fully saturated rings. The Hall–Kier alpha value is -9.32. The average Bonchev–Trinajstić information content (AvgIpc) is 4.09. The van der Waals surface area contributed by atoms with Crippen LogP contribution in [0.15, 0.2) is 231 Å². The van der Waals surface area contributed by atoms with E-state index < -0.39 is 0 Å². The number of allylic oxidation sites excluding steroid dienone is 3. The zero-order valence-electron chi connectivity index (χ0n) is 39.7. The highest BCUT2D eigenvalue weighted by atomic mass is 15.2. The lowest BCUT2D eigenvalue weighted by Crippen LogP contribution is -2.27. The second-order valence-electron chi connectivity index (χ2n) is 18.8. The van der Waals surface area contributed by atoms with Crippen molar-refractivity contribution >= 4 is 56.6 Å². The highest BCUT2D eigenvalue weighted by Gasteiger charge is 2.38. The van der Waals surface area contributed by atoms with Crippen molar-refractivity contribution in [2.45, 2.75) is 19.4 Å². The van der Waals surface area contributed by atoms with E-state index in [9.17, 15) is 0 Å². The van der Waals surface area contributed by atoms with Crippen molar-refractivity contribution in [1.82, 2.24) is 19.1 Å². The van der Waals surface area contributed by atoms with E-state index in [1.807, 2.05) is 43.4 Å².